The van der Waals surface area contributed by atoms with E-state index in [0.717, 1.165) is 24.0 Å². The lowest BCUT2D eigenvalue weighted by Gasteiger charge is -2.12. The van der Waals surface area contributed by atoms with E-state index >= 15 is 0 Å². The summed E-state index contributed by atoms with van der Waals surface area (Å²) in [5, 5.41) is 2.42. The van der Waals surface area contributed by atoms with Crippen molar-refractivity contribution in [2.45, 2.75) is 6.92 Å². The van der Waals surface area contributed by atoms with Crippen LogP contribution >= 0.6 is 0 Å². The first-order chi connectivity index (χ1) is 11.2. The molecule has 0 saturated carbocycles. The van der Waals surface area contributed by atoms with E-state index in [1.165, 1.54) is 6.07 Å². The van der Waals surface area contributed by atoms with Crippen molar-refractivity contribution in [1.29, 1.82) is 0 Å². The van der Waals surface area contributed by atoms with E-state index in [1.54, 1.807) is 12.1 Å². The molecule has 0 spiro atoms. The number of hydrogen-bond acceptors (Lipinski definition) is 4. The predicted molar refractivity (Wildman–Crippen MR) is 90.2 cm³/mol. The van der Waals surface area contributed by atoms with E-state index in [0.29, 0.717) is 5.75 Å². The highest BCUT2D eigenvalue weighted by atomic mass is 32.2. The van der Waals surface area contributed by atoms with Gasteiger partial charge in [-0.15, -0.1) is 0 Å². The maximum Gasteiger partial charge on any atom is 0.262 e. The fourth-order valence-electron chi connectivity index (χ4n) is 1.88. The molecule has 0 unspecified atom stereocenters. The fraction of sp³-hybridized carbons (Fsp3) is 0.188. The van der Waals surface area contributed by atoms with Crippen molar-refractivity contribution in [3.63, 3.8) is 0 Å². The van der Waals surface area contributed by atoms with E-state index in [4.69, 9.17) is 4.74 Å². The molecular weight excluding hydrogens is 335 g/mol. The minimum Gasteiger partial charge on any atom is -0.484 e. The van der Waals surface area contributed by atoms with E-state index in [-0.39, 0.29) is 18.0 Å². The Morgan fingerprint density at radius 3 is 2.42 bits per heavy atom. The predicted octanol–water partition coefficient (Wildman–Crippen LogP) is 2.52. The Morgan fingerprint density at radius 2 is 1.79 bits per heavy atom. The maximum absolute atomic E-state index is 13.4. The van der Waals surface area contributed by atoms with Crippen LogP contribution in [0, 0.1) is 12.7 Å². The van der Waals surface area contributed by atoms with Crippen LogP contribution in [0.5, 0.6) is 5.75 Å². The summed E-state index contributed by atoms with van der Waals surface area (Å²) >= 11 is 0. The van der Waals surface area contributed by atoms with Gasteiger partial charge in [0.2, 0.25) is 10.0 Å². The van der Waals surface area contributed by atoms with Crippen LogP contribution in [0.1, 0.15) is 5.56 Å². The zero-order chi connectivity index (χ0) is 17.7. The van der Waals surface area contributed by atoms with Crippen molar-refractivity contribution >= 4 is 27.3 Å². The lowest BCUT2D eigenvalue weighted by Crippen LogP contribution is -2.21. The highest BCUT2D eigenvalue weighted by Gasteiger charge is 2.12. The van der Waals surface area contributed by atoms with Crippen molar-refractivity contribution in [3.8, 4) is 5.75 Å². The van der Waals surface area contributed by atoms with Gasteiger partial charge in [0.05, 0.1) is 17.6 Å². The first-order valence-corrected chi connectivity index (χ1v) is 8.89. The van der Waals surface area contributed by atoms with Crippen molar-refractivity contribution in [1.82, 2.24) is 0 Å². The normalized spacial score (nSPS) is 11.0. The highest BCUT2D eigenvalue weighted by molar-refractivity contribution is 7.92. The Labute approximate surface area is 139 Å². The molecule has 0 radical (unpaired) electrons. The Balaban J connectivity index is 2.05. The molecule has 0 aromatic heterocycles. The lowest BCUT2D eigenvalue weighted by atomic mass is 10.2. The van der Waals surface area contributed by atoms with Crippen LogP contribution in [0.25, 0.3) is 0 Å². The quantitative estimate of drug-likeness (QED) is 0.837. The van der Waals surface area contributed by atoms with Crippen LogP contribution in [0.3, 0.4) is 0 Å². The molecule has 0 bridgehead atoms. The van der Waals surface area contributed by atoms with Gasteiger partial charge in [0, 0.05) is 0 Å². The van der Waals surface area contributed by atoms with E-state index in [9.17, 15) is 17.6 Å². The summed E-state index contributed by atoms with van der Waals surface area (Å²) in [6, 6.07) is 10.5. The number of aryl methyl sites for hydroxylation is 1. The molecule has 0 fully saturated rings. The SMILES string of the molecule is Cc1ccc(OCC(=O)Nc2cc(F)ccc2NS(C)(=O)=O)cc1. The van der Waals surface area contributed by atoms with Gasteiger partial charge in [0.1, 0.15) is 11.6 Å². The number of nitrogens with one attached hydrogen (secondary N) is 2. The molecule has 0 aliphatic heterocycles. The molecule has 1 amide bonds. The van der Waals surface area contributed by atoms with Crippen molar-refractivity contribution < 1.29 is 22.3 Å². The van der Waals surface area contributed by atoms with Crippen LogP contribution in [-0.2, 0) is 14.8 Å². The van der Waals surface area contributed by atoms with E-state index in [2.05, 4.69) is 10.0 Å². The van der Waals surface area contributed by atoms with Crippen LogP contribution < -0.4 is 14.8 Å². The molecule has 0 saturated heterocycles. The topological polar surface area (TPSA) is 84.5 Å². The third-order valence-electron chi connectivity index (χ3n) is 2.94. The molecule has 2 aromatic rings. The fourth-order valence-corrected chi connectivity index (χ4v) is 2.46. The van der Waals surface area contributed by atoms with E-state index in [1.807, 2.05) is 19.1 Å². The molecule has 0 heterocycles. The molecule has 6 nitrogen and oxygen atoms in total. The van der Waals surface area contributed by atoms with E-state index < -0.39 is 21.7 Å². The number of carbonyl (C=O) groups excluding carboxylic acids is 1. The first-order valence-electron chi connectivity index (χ1n) is 6.99. The largest absolute Gasteiger partial charge is 0.484 e. The summed E-state index contributed by atoms with van der Waals surface area (Å²) in [5.41, 5.74) is 1.14. The zero-order valence-corrected chi connectivity index (χ0v) is 14.0. The number of sulfonamides is 1. The van der Waals surface area contributed by atoms with Gasteiger partial charge >= 0.3 is 0 Å². The number of rotatable bonds is 6. The van der Waals surface area contributed by atoms with Gasteiger partial charge in [-0.2, -0.15) is 0 Å². The minimum atomic E-state index is -3.56. The second-order valence-electron chi connectivity index (χ2n) is 5.21. The third kappa shape index (κ3) is 5.54. The van der Waals surface area contributed by atoms with Gasteiger partial charge in [-0.3, -0.25) is 9.52 Å². The summed E-state index contributed by atoms with van der Waals surface area (Å²) in [6.07, 6.45) is 0.961. The number of benzene rings is 2. The molecule has 0 aliphatic rings. The number of ether oxygens (including phenoxy) is 1. The van der Waals surface area contributed by atoms with Crippen LogP contribution in [-0.4, -0.2) is 27.2 Å². The number of carbonyl (C=O) groups is 1. The second kappa shape index (κ2) is 7.31. The molecule has 2 aromatic carbocycles. The van der Waals surface area contributed by atoms with Crippen molar-refractivity contribution in [2.24, 2.45) is 0 Å². The molecule has 0 atom stereocenters. The number of halogens is 1. The highest BCUT2D eigenvalue weighted by Crippen LogP contribution is 2.23. The molecular formula is C16H17FN2O4S. The Hall–Kier alpha value is -2.61. The molecule has 0 aliphatic carbocycles. The average Bonchev–Trinajstić information content (AvgIpc) is 2.48. The van der Waals surface area contributed by atoms with Gasteiger partial charge < -0.3 is 10.1 Å². The first kappa shape index (κ1) is 17.7. The number of amides is 1. The molecule has 128 valence electrons. The van der Waals surface area contributed by atoms with Gasteiger partial charge in [-0.1, -0.05) is 17.7 Å². The number of hydrogen-bond donors (Lipinski definition) is 2. The average molecular weight is 352 g/mol. The minimum absolute atomic E-state index is 0.0120. The van der Waals surface area contributed by atoms with Crippen LogP contribution in [0.4, 0.5) is 15.8 Å². The van der Waals surface area contributed by atoms with Gasteiger partial charge in [0.15, 0.2) is 6.61 Å². The smallest absolute Gasteiger partial charge is 0.262 e. The second-order valence-corrected chi connectivity index (χ2v) is 6.96. The van der Waals surface area contributed by atoms with Gasteiger partial charge in [0.25, 0.3) is 5.91 Å². The lowest BCUT2D eigenvalue weighted by molar-refractivity contribution is -0.118. The monoisotopic (exact) mass is 352 g/mol. The molecule has 2 N–H and O–H groups in total. The van der Waals surface area contributed by atoms with Crippen LogP contribution in [0.2, 0.25) is 0 Å². The third-order valence-corrected chi connectivity index (χ3v) is 3.53. The summed E-state index contributed by atoms with van der Waals surface area (Å²) in [5.74, 6) is -0.633. The Kier molecular flexibility index (Phi) is 5.40. The summed E-state index contributed by atoms with van der Waals surface area (Å²) in [7, 11) is -3.56. The zero-order valence-electron chi connectivity index (χ0n) is 13.2. The van der Waals surface area contributed by atoms with Gasteiger partial charge in [-0.05, 0) is 37.3 Å². The number of anilines is 2. The van der Waals surface area contributed by atoms with Gasteiger partial charge in [-0.25, -0.2) is 12.8 Å². The summed E-state index contributed by atoms with van der Waals surface area (Å²) in [6.45, 7) is 1.63. The van der Waals surface area contributed by atoms with Crippen molar-refractivity contribution in [3.05, 3.63) is 53.8 Å². The summed E-state index contributed by atoms with van der Waals surface area (Å²) < 4.78 is 43.5. The Bertz CT molecular complexity index is 836. The maximum atomic E-state index is 13.4. The van der Waals surface area contributed by atoms with Crippen LogP contribution in [0.15, 0.2) is 42.5 Å². The van der Waals surface area contributed by atoms with Crippen molar-refractivity contribution in [2.75, 3.05) is 22.9 Å². The summed E-state index contributed by atoms with van der Waals surface area (Å²) in [4.78, 5) is 11.9. The standard InChI is InChI=1S/C16H17FN2O4S/c1-11-3-6-13(7-4-11)23-10-16(20)18-15-9-12(17)5-8-14(15)19-24(2,21)22/h3-9,19H,10H2,1-2H3,(H,18,20). The Morgan fingerprint density at radius 1 is 1.12 bits per heavy atom. The molecule has 2 rings (SSSR count). The molecule has 24 heavy (non-hydrogen) atoms. The molecule has 8 heteroatoms.